The fourth-order valence-corrected chi connectivity index (χ4v) is 2.30. The molecule has 0 spiro atoms. The highest BCUT2D eigenvalue weighted by Gasteiger charge is 2.05. The van der Waals surface area contributed by atoms with Crippen LogP contribution in [-0.2, 0) is 6.54 Å². The van der Waals surface area contributed by atoms with Gasteiger partial charge in [0.1, 0.15) is 0 Å². The molecule has 2 rings (SSSR count). The Bertz CT molecular complexity index is 624. The minimum Gasteiger partial charge on any atom is -0.330 e. The fraction of sp³-hybridized carbons (Fsp3) is 0.333. The van der Waals surface area contributed by atoms with Gasteiger partial charge in [-0.1, -0.05) is 36.0 Å². The van der Waals surface area contributed by atoms with Crippen molar-refractivity contribution in [3.05, 3.63) is 46.4 Å². The Labute approximate surface area is 128 Å². The van der Waals surface area contributed by atoms with Gasteiger partial charge in [-0.3, -0.25) is 4.79 Å². The lowest BCUT2D eigenvalue weighted by Crippen LogP contribution is -2.17. The van der Waals surface area contributed by atoms with E-state index in [0.29, 0.717) is 17.3 Å². The van der Waals surface area contributed by atoms with E-state index in [1.807, 2.05) is 30.5 Å². The Hall–Kier alpha value is -1.63. The molecular formula is C15H20N4OS. The summed E-state index contributed by atoms with van der Waals surface area (Å²) in [5.74, 6) is 0. The maximum absolute atomic E-state index is 12.0. The smallest absolute Gasteiger partial charge is 0.259 e. The van der Waals surface area contributed by atoms with Crippen LogP contribution in [0.1, 0.15) is 12.0 Å². The molecule has 0 unspecified atom stereocenters. The summed E-state index contributed by atoms with van der Waals surface area (Å²) in [5.41, 5.74) is 7.99. The van der Waals surface area contributed by atoms with Crippen LogP contribution in [0.4, 0.5) is 0 Å². The number of rotatable bonds is 7. The van der Waals surface area contributed by atoms with E-state index in [2.05, 4.69) is 15.3 Å². The third-order valence-corrected chi connectivity index (χ3v) is 3.72. The van der Waals surface area contributed by atoms with Crippen molar-refractivity contribution in [2.75, 3.05) is 19.3 Å². The van der Waals surface area contributed by atoms with Crippen molar-refractivity contribution < 1.29 is 0 Å². The number of H-pyrrole nitrogens is 1. The first-order valence-corrected chi connectivity index (χ1v) is 8.10. The Morgan fingerprint density at radius 1 is 1.33 bits per heavy atom. The van der Waals surface area contributed by atoms with Crippen LogP contribution in [-0.4, -0.2) is 29.3 Å². The van der Waals surface area contributed by atoms with Crippen molar-refractivity contribution in [3.63, 3.8) is 0 Å². The fourth-order valence-electron chi connectivity index (χ4n) is 1.95. The lowest BCUT2D eigenvalue weighted by Gasteiger charge is -2.06. The zero-order valence-electron chi connectivity index (χ0n) is 12.1. The number of nitrogens with two attached hydrogens (primary N) is 1. The molecule has 0 saturated carbocycles. The highest BCUT2D eigenvalue weighted by atomic mass is 32.2. The molecule has 0 aliphatic carbocycles. The molecule has 6 heteroatoms. The second-order valence-electron chi connectivity index (χ2n) is 4.65. The molecule has 0 fully saturated rings. The molecule has 21 heavy (non-hydrogen) atoms. The minimum absolute atomic E-state index is 0.108. The predicted molar refractivity (Wildman–Crippen MR) is 87.5 cm³/mol. The Morgan fingerprint density at radius 2 is 2.10 bits per heavy atom. The number of hydrogen-bond acceptors (Lipinski definition) is 5. The first kappa shape index (κ1) is 15.8. The molecule has 0 bridgehead atoms. The van der Waals surface area contributed by atoms with Crippen molar-refractivity contribution in [2.45, 2.75) is 18.1 Å². The average molecular weight is 304 g/mol. The topological polar surface area (TPSA) is 83.8 Å². The molecule has 0 radical (unpaired) electrons. The average Bonchev–Trinajstić information content (AvgIpc) is 2.52. The van der Waals surface area contributed by atoms with Crippen LogP contribution in [0.5, 0.6) is 0 Å². The maximum Gasteiger partial charge on any atom is 0.259 e. The first-order valence-electron chi connectivity index (χ1n) is 6.88. The van der Waals surface area contributed by atoms with Crippen LogP contribution in [0.3, 0.4) is 0 Å². The molecule has 0 aliphatic heterocycles. The van der Waals surface area contributed by atoms with Crippen molar-refractivity contribution in [1.29, 1.82) is 0 Å². The van der Waals surface area contributed by atoms with Crippen molar-refractivity contribution in [3.8, 4) is 11.1 Å². The van der Waals surface area contributed by atoms with Gasteiger partial charge in [-0.05, 0) is 36.9 Å². The Morgan fingerprint density at radius 3 is 2.71 bits per heavy atom. The lowest BCUT2D eigenvalue weighted by atomic mass is 10.1. The van der Waals surface area contributed by atoms with Crippen LogP contribution in [0.2, 0.25) is 0 Å². The largest absolute Gasteiger partial charge is 0.330 e. The number of hydrogen-bond donors (Lipinski definition) is 3. The van der Waals surface area contributed by atoms with Crippen LogP contribution in [0.25, 0.3) is 11.1 Å². The van der Waals surface area contributed by atoms with E-state index in [0.717, 1.165) is 25.1 Å². The molecule has 112 valence electrons. The molecular weight excluding hydrogens is 284 g/mol. The summed E-state index contributed by atoms with van der Waals surface area (Å²) in [4.78, 5) is 19.0. The third-order valence-electron chi connectivity index (χ3n) is 3.12. The molecule has 0 saturated heterocycles. The molecule has 5 nitrogen and oxygen atoms in total. The van der Waals surface area contributed by atoms with E-state index in [-0.39, 0.29) is 5.56 Å². The van der Waals surface area contributed by atoms with E-state index < -0.39 is 0 Å². The second-order valence-corrected chi connectivity index (χ2v) is 5.45. The van der Waals surface area contributed by atoms with Gasteiger partial charge in [0, 0.05) is 12.7 Å². The number of nitrogens with one attached hydrogen (secondary N) is 2. The second kappa shape index (κ2) is 7.97. The van der Waals surface area contributed by atoms with Gasteiger partial charge in [0.05, 0.1) is 5.56 Å². The Kier molecular flexibility index (Phi) is 5.98. The summed E-state index contributed by atoms with van der Waals surface area (Å²) >= 11 is 1.42. The standard InChI is InChI=1S/C15H20N4OS/c1-21-15-18-10-13(14(20)19-15)12-5-3-11(4-6-12)9-17-8-2-7-16/h3-6,10,17H,2,7-9,16H2,1H3,(H,18,19,20). The van der Waals surface area contributed by atoms with Crippen LogP contribution in [0, 0.1) is 0 Å². The minimum atomic E-state index is -0.108. The quantitative estimate of drug-likeness (QED) is 0.411. The SMILES string of the molecule is CSc1ncc(-c2ccc(CNCCCN)cc2)c(=O)[nH]1. The van der Waals surface area contributed by atoms with Gasteiger partial charge in [-0.15, -0.1) is 0 Å². The molecule has 1 heterocycles. The highest BCUT2D eigenvalue weighted by molar-refractivity contribution is 7.98. The van der Waals surface area contributed by atoms with E-state index in [9.17, 15) is 4.79 Å². The van der Waals surface area contributed by atoms with Gasteiger partial charge in [0.2, 0.25) is 0 Å². The number of benzene rings is 1. The van der Waals surface area contributed by atoms with Gasteiger partial charge in [0.15, 0.2) is 5.16 Å². The van der Waals surface area contributed by atoms with E-state index in [1.165, 1.54) is 17.3 Å². The Balaban J connectivity index is 2.06. The highest BCUT2D eigenvalue weighted by Crippen LogP contribution is 2.16. The summed E-state index contributed by atoms with van der Waals surface area (Å²) < 4.78 is 0. The van der Waals surface area contributed by atoms with Crippen molar-refractivity contribution in [1.82, 2.24) is 15.3 Å². The molecule has 0 amide bonds. The van der Waals surface area contributed by atoms with Crippen LogP contribution >= 0.6 is 11.8 Å². The lowest BCUT2D eigenvalue weighted by molar-refractivity contribution is 0.655. The van der Waals surface area contributed by atoms with E-state index >= 15 is 0 Å². The van der Waals surface area contributed by atoms with Gasteiger partial charge in [0.25, 0.3) is 5.56 Å². The van der Waals surface area contributed by atoms with E-state index in [4.69, 9.17) is 5.73 Å². The van der Waals surface area contributed by atoms with Crippen LogP contribution in [0.15, 0.2) is 40.4 Å². The van der Waals surface area contributed by atoms with Crippen LogP contribution < -0.4 is 16.6 Å². The summed E-state index contributed by atoms with van der Waals surface area (Å²) in [7, 11) is 0. The number of nitrogens with zero attached hydrogens (tertiary/aromatic N) is 1. The molecule has 4 N–H and O–H groups in total. The van der Waals surface area contributed by atoms with Gasteiger partial charge in [-0.2, -0.15) is 0 Å². The summed E-state index contributed by atoms with van der Waals surface area (Å²) in [5, 5.41) is 3.95. The summed E-state index contributed by atoms with van der Waals surface area (Å²) in [6.45, 7) is 2.42. The number of aromatic amines is 1. The molecule has 1 aromatic heterocycles. The zero-order chi connectivity index (χ0) is 15.1. The van der Waals surface area contributed by atoms with E-state index in [1.54, 1.807) is 6.20 Å². The first-order chi connectivity index (χ1) is 10.2. The number of thioether (sulfide) groups is 1. The number of aromatic nitrogens is 2. The molecule has 1 aromatic carbocycles. The molecule has 2 aromatic rings. The predicted octanol–water partition coefficient (Wildman–Crippen LogP) is 1.60. The van der Waals surface area contributed by atoms with Gasteiger partial charge < -0.3 is 16.0 Å². The molecule has 0 aliphatic rings. The third kappa shape index (κ3) is 4.42. The maximum atomic E-state index is 12.0. The monoisotopic (exact) mass is 304 g/mol. The van der Waals surface area contributed by atoms with Crippen molar-refractivity contribution in [2.24, 2.45) is 5.73 Å². The van der Waals surface area contributed by atoms with Gasteiger partial charge in [-0.25, -0.2) is 4.98 Å². The summed E-state index contributed by atoms with van der Waals surface area (Å²) in [6.07, 6.45) is 4.48. The van der Waals surface area contributed by atoms with Crippen molar-refractivity contribution >= 4 is 11.8 Å². The van der Waals surface area contributed by atoms with Gasteiger partial charge >= 0.3 is 0 Å². The zero-order valence-corrected chi connectivity index (χ0v) is 12.9. The molecule has 0 atom stereocenters. The normalized spacial score (nSPS) is 10.8. The summed E-state index contributed by atoms with van der Waals surface area (Å²) in [6, 6.07) is 7.94.